The molecule has 0 spiro atoms. The van der Waals surface area contributed by atoms with E-state index in [1.54, 1.807) is 7.11 Å². The van der Waals surface area contributed by atoms with Crippen LogP contribution in [0, 0.1) is 0 Å². The van der Waals surface area contributed by atoms with E-state index in [4.69, 9.17) is 4.74 Å². The second-order valence-electron chi connectivity index (χ2n) is 8.47. The Morgan fingerprint density at radius 3 is 1.97 bits per heavy atom. The molecule has 1 aliphatic heterocycles. The molecule has 6 nitrogen and oxygen atoms in total. The highest BCUT2D eigenvalue weighted by molar-refractivity contribution is 6.00. The number of hydrogen-bond donors (Lipinski definition) is 3. The van der Waals surface area contributed by atoms with Crippen molar-refractivity contribution in [1.29, 1.82) is 0 Å². The molecular weight excluding hydrogens is 410 g/mol. The lowest BCUT2D eigenvalue weighted by Crippen LogP contribution is -2.52. The van der Waals surface area contributed by atoms with E-state index in [0.29, 0.717) is 0 Å². The number of unbranched alkanes of at least 4 members (excludes halogenated alkanes) is 7. The van der Waals surface area contributed by atoms with Crippen molar-refractivity contribution < 1.29 is 4.74 Å². The van der Waals surface area contributed by atoms with Crippen LogP contribution in [0.3, 0.4) is 0 Å². The number of halogens is 1. The number of hydrogen-bond acceptors (Lipinski definition) is 6. The summed E-state index contributed by atoms with van der Waals surface area (Å²) in [5.41, 5.74) is 0.802. The van der Waals surface area contributed by atoms with Crippen LogP contribution in [0.25, 0.3) is 0 Å². The molecule has 0 saturated heterocycles. The summed E-state index contributed by atoms with van der Waals surface area (Å²) in [6.45, 7) is 8.06. The van der Waals surface area contributed by atoms with Crippen molar-refractivity contribution in [3.63, 3.8) is 0 Å². The van der Waals surface area contributed by atoms with Gasteiger partial charge in [-0.1, -0.05) is 64.0 Å². The Morgan fingerprint density at radius 2 is 1.39 bits per heavy atom. The average molecular weight is 452 g/mol. The Bertz CT molecular complexity index is 673. The zero-order chi connectivity index (χ0) is 21.7. The van der Waals surface area contributed by atoms with Gasteiger partial charge in [0.05, 0.1) is 7.11 Å². The Labute approximate surface area is 195 Å². The van der Waals surface area contributed by atoms with Crippen molar-refractivity contribution in [2.24, 2.45) is 9.98 Å². The van der Waals surface area contributed by atoms with Crippen LogP contribution in [0.4, 0.5) is 0 Å². The molecule has 176 valence electrons. The SMILES string of the molecule is CCCCCCCCCCNC1=NC(C)(C)N=C(NCCc2ccc(OC)cc2)N1.Cl. The van der Waals surface area contributed by atoms with Gasteiger partial charge in [0.25, 0.3) is 0 Å². The number of benzene rings is 1. The van der Waals surface area contributed by atoms with Gasteiger partial charge in [0.1, 0.15) is 5.75 Å². The van der Waals surface area contributed by atoms with E-state index in [0.717, 1.165) is 37.2 Å². The van der Waals surface area contributed by atoms with E-state index in [1.165, 1.54) is 56.9 Å². The minimum absolute atomic E-state index is 0. The molecule has 0 atom stereocenters. The van der Waals surface area contributed by atoms with Crippen LogP contribution in [0.2, 0.25) is 0 Å². The molecule has 0 saturated carbocycles. The summed E-state index contributed by atoms with van der Waals surface area (Å²) in [5.74, 6) is 2.47. The van der Waals surface area contributed by atoms with E-state index < -0.39 is 5.66 Å². The summed E-state index contributed by atoms with van der Waals surface area (Å²) >= 11 is 0. The normalized spacial score (nSPS) is 14.6. The molecule has 0 aromatic heterocycles. The van der Waals surface area contributed by atoms with Crippen LogP contribution in [-0.4, -0.2) is 37.8 Å². The predicted octanol–water partition coefficient (Wildman–Crippen LogP) is 5.03. The summed E-state index contributed by atoms with van der Waals surface area (Å²) in [6.07, 6.45) is 11.5. The van der Waals surface area contributed by atoms with E-state index in [1.807, 2.05) is 26.0 Å². The number of rotatable bonds is 13. The molecule has 1 aliphatic rings. The highest BCUT2D eigenvalue weighted by Crippen LogP contribution is 2.14. The highest BCUT2D eigenvalue weighted by atomic mass is 35.5. The summed E-state index contributed by atoms with van der Waals surface area (Å²) in [7, 11) is 1.69. The number of ether oxygens (including phenoxy) is 1. The molecule has 3 N–H and O–H groups in total. The number of methoxy groups -OCH3 is 1. The van der Waals surface area contributed by atoms with E-state index in [-0.39, 0.29) is 12.4 Å². The highest BCUT2D eigenvalue weighted by Gasteiger charge is 2.22. The predicted molar refractivity (Wildman–Crippen MR) is 135 cm³/mol. The molecule has 0 amide bonds. The van der Waals surface area contributed by atoms with Crippen LogP contribution >= 0.6 is 12.4 Å². The van der Waals surface area contributed by atoms with Gasteiger partial charge in [-0.3, -0.25) is 5.32 Å². The van der Waals surface area contributed by atoms with E-state index in [9.17, 15) is 0 Å². The number of nitrogens with zero attached hydrogens (tertiary/aromatic N) is 2. The Hall–Kier alpha value is -1.95. The van der Waals surface area contributed by atoms with Crippen LogP contribution in [0.5, 0.6) is 5.75 Å². The first kappa shape index (κ1) is 27.1. The fraction of sp³-hybridized carbons (Fsp3) is 0.667. The first-order chi connectivity index (χ1) is 14.5. The summed E-state index contributed by atoms with van der Waals surface area (Å²) in [5, 5.41) is 10.1. The Morgan fingerprint density at radius 1 is 0.839 bits per heavy atom. The molecule has 1 aromatic carbocycles. The number of aliphatic imine (C=N–C) groups is 2. The maximum atomic E-state index is 5.21. The molecule has 31 heavy (non-hydrogen) atoms. The van der Waals surface area contributed by atoms with Gasteiger partial charge >= 0.3 is 0 Å². The molecule has 0 fully saturated rings. The lowest BCUT2D eigenvalue weighted by atomic mass is 10.1. The Kier molecular flexibility index (Phi) is 13.1. The minimum atomic E-state index is -0.463. The van der Waals surface area contributed by atoms with Gasteiger partial charge in [0, 0.05) is 13.1 Å². The minimum Gasteiger partial charge on any atom is -0.497 e. The van der Waals surface area contributed by atoms with Gasteiger partial charge in [-0.15, -0.1) is 12.4 Å². The van der Waals surface area contributed by atoms with Gasteiger partial charge in [-0.2, -0.15) is 0 Å². The average Bonchev–Trinajstić information content (AvgIpc) is 2.72. The van der Waals surface area contributed by atoms with Crippen LogP contribution in [0.1, 0.15) is 77.7 Å². The molecule has 7 heteroatoms. The molecule has 0 aliphatic carbocycles. The third kappa shape index (κ3) is 11.3. The van der Waals surface area contributed by atoms with Gasteiger partial charge in [-0.05, 0) is 44.4 Å². The first-order valence-electron chi connectivity index (χ1n) is 11.6. The summed E-state index contributed by atoms with van der Waals surface area (Å²) in [6, 6.07) is 8.18. The van der Waals surface area contributed by atoms with Gasteiger partial charge in [-0.25, -0.2) is 9.98 Å². The van der Waals surface area contributed by atoms with Crippen LogP contribution < -0.4 is 20.7 Å². The van der Waals surface area contributed by atoms with Crippen LogP contribution in [0.15, 0.2) is 34.3 Å². The largest absolute Gasteiger partial charge is 0.497 e. The van der Waals surface area contributed by atoms with Gasteiger partial charge in [0.2, 0.25) is 11.9 Å². The molecule has 0 bridgehead atoms. The molecule has 1 heterocycles. The maximum absolute atomic E-state index is 5.21. The van der Waals surface area contributed by atoms with Crippen molar-refractivity contribution in [2.45, 2.75) is 84.2 Å². The zero-order valence-electron chi connectivity index (χ0n) is 19.8. The Balaban J connectivity index is 0.00000480. The van der Waals surface area contributed by atoms with Crippen molar-refractivity contribution in [2.75, 3.05) is 20.2 Å². The van der Waals surface area contributed by atoms with E-state index >= 15 is 0 Å². The maximum Gasteiger partial charge on any atom is 0.200 e. The van der Waals surface area contributed by atoms with E-state index in [2.05, 4.69) is 45.0 Å². The monoisotopic (exact) mass is 451 g/mol. The zero-order valence-corrected chi connectivity index (χ0v) is 20.6. The summed E-state index contributed by atoms with van der Waals surface area (Å²) in [4.78, 5) is 9.33. The van der Waals surface area contributed by atoms with Crippen molar-refractivity contribution in [3.8, 4) is 5.75 Å². The molecule has 2 rings (SSSR count). The van der Waals surface area contributed by atoms with Gasteiger partial charge < -0.3 is 15.4 Å². The first-order valence-corrected chi connectivity index (χ1v) is 11.6. The number of nitrogens with one attached hydrogen (secondary N) is 3. The molecular formula is C24H42ClN5O. The quantitative estimate of drug-likeness (QED) is 0.368. The van der Waals surface area contributed by atoms with Crippen LogP contribution in [-0.2, 0) is 6.42 Å². The van der Waals surface area contributed by atoms with Crippen molar-refractivity contribution >= 4 is 24.3 Å². The molecule has 0 unspecified atom stereocenters. The topological polar surface area (TPSA) is 70.0 Å². The van der Waals surface area contributed by atoms with Crippen molar-refractivity contribution in [1.82, 2.24) is 16.0 Å². The second-order valence-corrected chi connectivity index (χ2v) is 8.47. The molecule has 1 aromatic rings. The fourth-order valence-electron chi connectivity index (χ4n) is 3.49. The lowest BCUT2D eigenvalue weighted by molar-refractivity contribution is 0.414. The molecule has 0 radical (unpaired) electrons. The summed E-state index contributed by atoms with van der Waals surface area (Å²) < 4.78 is 5.21. The fourth-order valence-corrected chi connectivity index (χ4v) is 3.49. The third-order valence-corrected chi connectivity index (χ3v) is 5.20. The smallest absolute Gasteiger partial charge is 0.200 e. The van der Waals surface area contributed by atoms with Gasteiger partial charge in [0.15, 0.2) is 5.66 Å². The standard InChI is InChI=1S/C24H41N5O.ClH/c1-5-6-7-8-9-10-11-12-18-25-22-27-23(29-24(2,3)28-22)26-19-17-20-13-15-21(30-4)16-14-20;/h13-16H,5-12,17-19H2,1-4H3,(H3,25,26,27,28,29);1H. The number of guanidine groups is 2. The lowest BCUT2D eigenvalue weighted by Gasteiger charge is -2.26. The second kappa shape index (κ2) is 15.0. The third-order valence-electron chi connectivity index (χ3n) is 5.20. The van der Waals surface area contributed by atoms with Crippen molar-refractivity contribution in [3.05, 3.63) is 29.8 Å².